The lowest BCUT2D eigenvalue weighted by Gasteiger charge is -2.20. The van der Waals surface area contributed by atoms with Gasteiger partial charge in [0.25, 0.3) is 0 Å². The number of alkyl halides is 3. The van der Waals surface area contributed by atoms with Crippen LogP contribution in [0.3, 0.4) is 0 Å². The van der Waals surface area contributed by atoms with Gasteiger partial charge in [0.1, 0.15) is 6.61 Å². The second-order valence-corrected chi connectivity index (χ2v) is 6.62. The van der Waals surface area contributed by atoms with Crippen molar-refractivity contribution in [3.8, 4) is 0 Å². The minimum Gasteiger partial charge on any atom is -0.481 e. The van der Waals surface area contributed by atoms with Gasteiger partial charge >= 0.3 is 18.2 Å². The number of carbonyl (C=O) groups excluding carboxylic acids is 1. The van der Waals surface area contributed by atoms with E-state index in [1.54, 1.807) is 31.2 Å². The van der Waals surface area contributed by atoms with Crippen molar-refractivity contribution in [2.45, 2.75) is 32.7 Å². The number of hydrogen-bond acceptors (Lipinski definition) is 3. The fraction of sp³-hybridized carbons (Fsp3) is 0.529. The zero-order valence-corrected chi connectivity index (χ0v) is 14.3. The SMILES string of the molecule is CC1(C(=O)O)CCN(C(=O)NCc2ccc(COCC(F)(F)F)cc2)C1. The molecule has 0 spiro atoms. The molecule has 1 heterocycles. The summed E-state index contributed by atoms with van der Waals surface area (Å²) >= 11 is 0. The van der Waals surface area contributed by atoms with E-state index in [1.165, 1.54) is 4.90 Å². The molecule has 2 amide bonds. The van der Waals surface area contributed by atoms with Crippen molar-refractivity contribution in [2.24, 2.45) is 5.41 Å². The van der Waals surface area contributed by atoms with Gasteiger partial charge in [-0.3, -0.25) is 4.79 Å². The summed E-state index contributed by atoms with van der Waals surface area (Å²) in [6, 6.07) is 6.31. The number of rotatable bonds is 6. The zero-order chi connectivity index (χ0) is 19.4. The Balaban J connectivity index is 1.77. The van der Waals surface area contributed by atoms with Gasteiger partial charge in [-0.15, -0.1) is 0 Å². The molecule has 1 fully saturated rings. The summed E-state index contributed by atoms with van der Waals surface area (Å²) in [6.07, 6.45) is -3.95. The lowest BCUT2D eigenvalue weighted by Crippen LogP contribution is -2.40. The molecule has 9 heteroatoms. The minimum atomic E-state index is -4.35. The second kappa shape index (κ2) is 7.94. The Morgan fingerprint density at radius 2 is 1.88 bits per heavy atom. The predicted octanol–water partition coefficient (Wildman–Crippen LogP) is 2.77. The number of nitrogens with one attached hydrogen (secondary N) is 1. The summed E-state index contributed by atoms with van der Waals surface area (Å²) in [5, 5.41) is 11.9. The van der Waals surface area contributed by atoms with Gasteiger partial charge in [0.2, 0.25) is 0 Å². The summed E-state index contributed by atoms with van der Waals surface area (Å²) < 4.78 is 40.6. The molecule has 2 N–H and O–H groups in total. The number of halogens is 3. The van der Waals surface area contributed by atoms with E-state index < -0.39 is 24.2 Å². The van der Waals surface area contributed by atoms with Crippen LogP contribution in [0.5, 0.6) is 0 Å². The van der Waals surface area contributed by atoms with Crippen molar-refractivity contribution in [1.82, 2.24) is 10.2 Å². The van der Waals surface area contributed by atoms with Gasteiger partial charge < -0.3 is 20.1 Å². The van der Waals surface area contributed by atoms with E-state index in [9.17, 15) is 27.9 Å². The van der Waals surface area contributed by atoms with Crippen LogP contribution in [0.25, 0.3) is 0 Å². The van der Waals surface area contributed by atoms with Gasteiger partial charge in [0.05, 0.1) is 12.0 Å². The summed E-state index contributed by atoms with van der Waals surface area (Å²) in [5.41, 5.74) is 0.453. The van der Waals surface area contributed by atoms with Crippen molar-refractivity contribution in [3.63, 3.8) is 0 Å². The van der Waals surface area contributed by atoms with E-state index in [-0.39, 0.29) is 25.7 Å². The average Bonchev–Trinajstić information content (AvgIpc) is 2.97. The number of ether oxygens (including phenoxy) is 1. The molecule has 0 radical (unpaired) electrons. The molecule has 1 unspecified atom stereocenters. The van der Waals surface area contributed by atoms with Gasteiger partial charge in [0.15, 0.2) is 0 Å². The normalized spacial score (nSPS) is 20.2. The maximum absolute atomic E-state index is 12.1. The molecule has 26 heavy (non-hydrogen) atoms. The number of carboxylic acid groups (broad SMARTS) is 1. The Hall–Kier alpha value is -2.29. The first-order valence-electron chi connectivity index (χ1n) is 8.07. The first-order chi connectivity index (χ1) is 12.1. The Morgan fingerprint density at radius 3 is 2.42 bits per heavy atom. The largest absolute Gasteiger partial charge is 0.481 e. The standard InChI is InChI=1S/C17H21F3N2O4/c1-16(14(23)24)6-7-22(10-16)15(25)21-8-12-2-4-13(5-3-12)9-26-11-17(18,19)20/h2-5H,6-11H2,1H3,(H,21,25)(H,23,24). The van der Waals surface area contributed by atoms with E-state index >= 15 is 0 Å². The fourth-order valence-electron chi connectivity index (χ4n) is 2.64. The lowest BCUT2D eigenvalue weighted by molar-refractivity contribution is -0.176. The van der Waals surface area contributed by atoms with Crippen LogP contribution in [-0.4, -0.2) is 47.9 Å². The van der Waals surface area contributed by atoms with Crippen LogP contribution in [0.15, 0.2) is 24.3 Å². The fourth-order valence-corrected chi connectivity index (χ4v) is 2.64. The van der Waals surface area contributed by atoms with Crippen LogP contribution >= 0.6 is 0 Å². The lowest BCUT2D eigenvalue weighted by atomic mass is 9.90. The van der Waals surface area contributed by atoms with E-state index in [1.807, 2.05) is 0 Å². The molecular weight excluding hydrogens is 353 g/mol. The Bertz CT molecular complexity index is 648. The molecule has 1 aromatic rings. The smallest absolute Gasteiger partial charge is 0.411 e. The quantitative estimate of drug-likeness (QED) is 0.803. The highest BCUT2D eigenvalue weighted by atomic mass is 19.4. The molecular formula is C17H21F3N2O4. The monoisotopic (exact) mass is 374 g/mol. The van der Waals surface area contributed by atoms with Gasteiger partial charge in [-0.1, -0.05) is 24.3 Å². The number of amides is 2. The van der Waals surface area contributed by atoms with Gasteiger partial charge in [-0.2, -0.15) is 13.2 Å². The van der Waals surface area contributed by atoms with E-state index in [2.05, 4.69) is 10.1 Å². The van der Waals surface area contributed by atoms with Crippen molar-refractivity contribution in [1.29, 1.82) is 0 Å². The summed E-state index contributed by atoms with van der Waals surface area (Å²) in [6.45, 7) is 0.947. The highest BCUT2D eigenvalue weighted by Crippen LogP contribution is 2.30. The van der Waals surface area contributed by atoms with Crippen LogP contribution in [0.1, 0.15) is 24.5 Å². The van der Waals surface area contributed by atoms with E-state index in [4.69, 9.17) is 0 Å². The molecule has 1 aliphatic rings. The second-order valence-electron chi connectivity index (χ2n) is 6.62. The first-order valence-corrected chi connectivity index (χ1v) is 8.07. The van der Waals surface area contributed by atoms with Crippen molar-refractivity contribution >= 4 is 12.0 Å². The molecule has 0 bridgehead atoms. The Kier molecular flexibility index (Phi) is 6.12. The van der Waals surface area contributed by atoms with Crippen LogP contribution in [0.2, 0.25) is 0 Å². The molecule has 1 atom stereocenters. The van der Waals surface area contributed by atoms with Gasteiger partial charge in [-0.25, -0.2) is 4.79 Å². The predicted molar refractivity (Wildman–Crippen MR) is 86.3 cm³/mol. The van der Waals surface area contributed by atoms with E-state index in [0.29, 0.717) is 18.5 Å². The number of aliphatic carboxylic acids is 1. The number of nitrogens with zero attached hydrogens (tertiary/aromatic N) is 1. The van der Waals surface area contributed by atoms with Gasteiger partial charge in [-0.05, 0) is 24.5 Å². The van der Waals surface area contributed by atoms with Crippen molar-refractivity contribution in [2.75, 3.05) is 19.7 Å². The molecule has 0 aliphatic carbocycles. The average molecular weight is 374 g/mol. The Labute approximate surface area is 148 Å². The maximum Gasteiger partial charge on any atom is 0.411 e. The topological polar surface area (TPSA) is 78.9 Å². The molecule has 6 nitrogen and oxygen atoms in total. The van der Waals surface area contributed by atoms with Crippen molar-refractivity contribution in [3.05, 3.63) is 35.4 Å². The first kappa shape index (κ1) is 20.0. The minimum absolute atomic E-state index is 0.145. The summed E-state index contributed by atoms with van der Waals surface area (Å²) in [5.74, 6) is -0.920. The number of carboxylic acids is 1. The maximum atomic E-state index is 12.1. The number of likely N-dealkylation sites (tertiary alicyclic amines) is 1. The highest BCUT2D eigenvalue weighted by Gasteiger charge is 2.42. The third-order valence-electron chi connectivity index (χ3n) is 4.28. The Morgan fingerprint density at radius 1 is 1.27 bits per heavy atom. The number of hydrogen-bond donors (Lipinski definition) is 2. The molecule has 1 aromatic carbocycles. The summed E-state index contributed by atoms with van der Waals surface area (Å²) in [4.78, 5) is 24.8. The molecule has 144 valence electrons. The number of benzene rings is 1. The molecule has 0 aromatic heterocycles. The molecule has 1 saturated heterocycles. The third kappa shape index (κ3) is 5.62. The van der Waals surface area contributed by atoms with Crippen LogP contribution in [-0.2, 0) is 22.7 Å². The van der Waals surface area contributed by atoms with Crippen LogP contribution in [0, 0.1) is 5.41 Å². The van der Waals surface area contributed by atoms with Gasteiger partial charge in [0, 0.05) is 19.6 Å². The zero-order valence-electron chi connectivity index (χ0n) is 14.3. The number of carbonyl (C=O) groups is 2. The third-order valence-corrected chi connectivity index (χ3v) is 4.28. The molecule has 0 saturated carbocycles. The van der Waals surface area contributed by atoms with Crippen molar-refractivity contribution < 1.29 is 32.6 Å². The van der Waals surface area contributed by atoms with Crippen LogP contribution in [0.4, 0.5) is 18.0 Å². The van der Waals surface area contributed by atoms with E-state index in [0.717, 1.165) is 5.56 Å². The van der Waals surface area contributed by atoms with Crippen LogP contribution < -0.4 is 5.32 Å². The molecule has 1 aliphatic heterocycles. The highest BCUT2D eigenvalue weighted by molar-refractivity contribution is 5.79. The summed E-state index contributed by atoms with van der Waals surface area (Å²) in [7, 11) is 0. The number of urea groups is 1. The molecule has 2 rings (SSSR count).